The Bertz CT molecular complexity index is 1480. The first-order valence-corrected chi connectivity index (χ1v) is 12.4. The fourth-order valence-corrected chi connectivity index (χ4v) is 5.16. The molecule has 0 fully saturated rings. The largest absolute Gasteiger partial charge is 0.494 e. The summed E-state index contributed by atoms with van der Waals surface area (Å²) in [7, 11) is 0. The topological polar surface area (TPSA) is 85.7 Å². The summed E-state index contributed by atoms with van der Waals surface area (Å²) in [6, 6.07) is 17.1. The Morgan fingerprint density at radius 3 is 2.73 bits per heavy atom. The Balaban J connectivity index is 1.53. The van der Waals surface area contributed by atoms with Gasteiger partial charge in [0.05, 0.1) is 22.9 Å². The van der Waals surface area contributed by atoms with Gasteiger partial charge in [-0.15, -0.1) is 21.5 Å². The highest BCUT2D eigenvalue weighted by Crippen LogP contribution is 2.33. The molecule has 10 heteroatoms. The Morgan fingerprint density at radius 1 is 1.12 bits per heavy atom. The van der Waals surface area contributed by atoms with Gasteiger partial charge in [-0.1, -0.05) is 35.5 Å². The van der Waals surface area contributed by atoms with E-state index in [0.29, 0.717) is 44.4 Å². The fourth-order valence-electron chi connectivity index (χ4n) is 3.39. The lowest BCUT2D eigenvalue weighted by Gasteiger charge is -2.12. The zero-order chi connectivity index (χ0) is 22.8. The Morgan fingerprint density at radius 2 is 1.94 bits per heavy atom. The molecule has 5 rings (SSSR count). The van der Waals surface area contributed by atoms with Crippen molar-refractivity contribution in [1.82, 2.24) is 24.7 Å². The average Bonchev–Trinajstić information content (AvgIpc) is 3.46. The lowest BCUT2D eigenvalue weighted by molar-refractivity contribution is 0.340. The van der Waals surface area contributed by atoms with Crippen molar-refractivity contribution in [2.24, 2.45) is 0 Å². The third-order valence-electron chi connectivity index (χ3n) is 4.86. The number of rotatable bonds is 7. The van der Waals surface area contributed by atoms with E-state index in [1.807, 2.05) is 71.5 Å². The minimum Gasteiger partial charge on any atom is -0.494 e. The number of nitrogens with zero attached hydrogens (tertiary/aromatic N) is 4. The van der Waals surface area contributed by atoms with Crippen LogP contribution in [0.25, 0.3) is 27.3 Å². The molecule has 33 heavy (non-hydrogen) atoms. The number of H-pyrrole nitrogens is 1. The molecule has 0 saturated heterocycles. The van der Waals surface area contributed by atoms with Crippen LogP contribution in [0.1, 0.15) is 12.7 Å². The van der Waals surface area contributed by atoms with E-state index in [1.165, 1.54) is 23.1 Å². The molecule has 0 aliphatic rings. The molecule has 7 nitrogen and oxygen atoms in total. The SMILES string of the molecule is CCOc1ccc(-n2c(SCc3nc4ccsc4c(=O)[nH]3)nnc2-c2ccccc2Cl)cc1. The molecule has 2 aromatic carbocycles. The van der Waals surface area contributed by atoms with Gasteiger partial charge >= 0.3 is 0 Å². The van der Waals surface area contributed by atoms with Gasteiger partial charge in [-0.05, 0) is 54.8 Å². The highest BCUT2D eigenvalue weighted by atomic mass is 35.5. The van der Waals surface area contributed by atoms with Crippen molar-refractivity contribution in [3.63, 3.8) is 0 Å². The van der Waals surface area contributed by atoms with Gasteiger partial charge in [0.1, 0.15) is 16.3 Å². The summed E-state index contributed by atoms with van der Waals surface area (Å²) < 4.78 is 8.15. The lowest BCUT2D eigenvalue weighted by atomic mass is 10.2. The summed E-state index contributed by atoms with van der Waals surface area (Å²) in [5, 5.41) is 12.0. The summed E-state index contributed by atoms with van der Waals surface area (Å²) in [6.07, 6.45) is 0. The van der Waals surface area contributed by atoms with Crippen LogP contribution >= 0.6 is 34.7 Å². The normalized spacial score (nSPS) is 11.2. The number of aromatic amines is 1. The standard InChI is InChI=1S/C23H18ClN5O2S2/c1-2-31-15-9-7-14(8-10-15)29-21(16-5-3-4-6-17(16)24)27-28-23(29)33-13-19-25-18-11-12-32-20(18)22(30)26-19/h3-12H,2,13H2,1H3,(H,25,26,30). The van der Waals surface area contributed by atoms with Crippen molar-refractivity contribution in [3.8, 4) is 22.8 Å². The van der Waals surface area contributed by atoms with Gasteiger partial charge in [0, 0.05) is 11.3 Å². The van der Waals surface area contributed by atoms with E-state index in [-0.39, 0.29) is 5.56 Å². The van der Waals surface area contributed by atoms with E-state index in [9.17, 15) is 4.79 Å². The predicted octanol–water partition coefficient (Wildman–Crippen LogP) is 5.58. The average molecular weight is 496 g/mol. The number of benzene rings is 2. The van der Waals surface area contributed by atoms with E-state index < -0.39 is 0 Å². The van der Waals surface area contributed by atoms with Gasteiger partial charge < -0.3 is 9.72 Å². The van der Waals surface area contributed by atoms with Crippen LogP contribution in [0.5, 0.6) is 5.75 Å². The van der Waals surface area contributed by atoms with E-state index in [4.69, 9.17) is 16.3 Å². The first kappa shape index (κ1) is 21.7. The van der Waals surface area contributed by atoms with Gasteiger partial charge in [0.25, 0.3) is 5.56 Å². The third kappa shape index (κ3) is 4.39. The maximum absolute atomic E-state index is 12.3. The van der Waals surface area contributed by atoms with Crippen LogP contribution in [0.2, 0.25) is 5.02 Å². The molecule has 0 atom stereocenters. The highest BCUT2D eigenvalue weighted by Gasteiger charge is 2.19. The highest BCUT2D eigenvalue weighted by molar-refractivity contribution is 7.98. The number of thiophene rings is 1. The van der Waals surface area contributed by atoms with Crippen molar-refractivity contribution >= 4 is 44.9 Å². The van der Waals surface area contributed by atoms with Crippen molar-refractivity contribution in [1.29, 1.82) is 0 Å². The van der Waals surface area contributed by atoms with Gasteiger partial charge in [0.15, 0.2) is 11.0 Å². The monoisotopic (exact) mass is 495 g/mol. The molecule has 0 aliphatic heterocycles. The number of hydrogen-bond acceptors (Lipinski definition) is 7. The zero-order valence-electron chi connectivity index (χ0n) is 17.5. The number of nitrogens with one attached hydrogen (secondary N) is 1. The van der Waals surface area contributed by atoms with Crippen LogP contribution in [-0.4, -0.2) is 31.3 Å². The minimum absolute atomic E-state index is 0.129. The van der Waals surface area contributed by atoms with E-state index in [2.05, 4.69) is 20.2 Å². The Labute approximate surface area is 202 Å². The second-order valence-electron chi connectivity index (χ2n) is 6.98. The second-order valence-corrected chi connectivity index (χ2v) is 9.25. The molecule has 166 valence electrons. The molecule has 3 aromatic heterocycles. The lowest BCUT2D eigenvalue weighted by Crippen LogP contribution is -2.09. The van der Waals surface area contributed by atoms with Crippen LogP contribution in [0, 0.1) is 0 Å². The molecular formula is C23H18ClN5O2S2. The third-order valence-corrected chi connectivity index (χ3v) is 7.03. The summed E-state index contributed by atoms with van der Waals surface area (Å²) in [6.45, 7) is 2.54. The second kappa shape index (κ2) is 9.38. The molecular weight excluding hydrogens is 478 g/mol. The van der Waals surface area contributed by atoms with Crippen LogP contribution in [0.15, 0.2) is 69.9 Å². The molecule has 0 amide bonds. The van der Waals surface area contributed by atoms with Crippen LogP contribution in [0.3, 0.4) is 0 Å². The number of halogens is 1. The molecule has 1 N–H and O–H groups in total. The smallest absolute Gasteiger partial charge is 0.268 e. The van der Waals surface area contributed by atoms with E-state index in [1.54, 1.807) is 0 Å². The molecule has 0 saturated carbocycles. The maximum Gasteiger partial charge on any atom is 0.268 e. The quantitative estimate of drug-likeness (QED) is 0.297. The van der Waals surface area contributed by atoms with Gasteiger partial charge in [-0.2, -0.15) is 0 Å². The number of thioether (sulfide) groups is 1. The summed E-state index contributed by atoms with van der Waals surface area (Å²) in [5.41, 5.74) is 2.22. The molecule has 0 spiro atoms. The number of hydrogen-bond donors (Lipinski definition) is 1. The number of fused-ring (bicyclic) bond motifs is 1. The van der Waals surface area contributed by atoms with Gasteiger partial charge in [-0.25, -0.2) is 4.98 Å². The Kier molecular flexibility index (Phi) is 6.17. The number of ether oxygens (including phenoxy) is 1. The Hall–Kier alpha value is -3.14. The fraction of sp³-hybridized carbons (Fsp3) is 0.130. The zero-order valence-corrected chi connectivity index (χ0v) is 19.9. The van der Waals surface area contributed by atoms with Gasteiger partial charge in [0.2, 0.25) is 0 Å². The van der Waals surface area contributed by atoms with E-state index in [0.717, 1.165) is 17.0 Å². The summed E-state index contributed by atoms with van der Waals surface area (Å²) in [4.78, 5) is 19.7. The van der Waals surface area contributed by atoms with Crippen LogP contribution < -0.4 is 10.3 Å². The molecule has 5 aromatic rings. The molecule has 0 bridgehead atoms. The minimum atomic E-state index is -0.129. The first-order valence-electron chi connectivity index (χ1n) is 10.2. The summed E-state index contributed by atoms with van der Waals surface area (Å²) >= 11 is 9.29. The molecule has 0 aliphatic carbocycles. The van der Waals surface area contributed by atoms with Crippen LogP contribution in [-0.2, 0) is 5.75 Å². The van der Waals surface area contributed by atoms with Crippen LogP contribution in [0.4, 0.5) is 0 Å². The maximum atomic E-state index is 12.3. The first-order chi connectivity index (χ1) is 16.1. The molecule has 0 unspecified atom stereocenters. The molecule has 3 heterocycles. The number of aromatic nitrogens is 5. The molecule has 0 radical (unpaired) electrons. The van der Waals surface area contributed by atoms with Gasteiger partial charge in [-0.3, -0.25) is 9.36 Å². The summed E-state index contributed by atoms with van der Waals surface area (Å²) in [5.74, 6) is 2.42. The van der Waals surface area contributed by atoms with Crippen molar-refractivity contribution in [2.75, 3.05) is 6.61 Å². The van der Waals surface area contributed by atoms with Crippen molar-refractivity contribution < 1.29 is 4.74 Å². The van der Waals surface area contributed by atoms with Crippen molar-refractivity contribution in [3.05, 3.63) is 81.2 Å². The van der Waals surface area contributed by atoms with E-state index >= 15 is 0 Å². The predicted molar refractivity (Wildman–Crippen MR) is 133 cm³/mol. The van der Waals surface area contributed by atoms with Crippen molar-refractivity contribution in [2.45, 2.75) is 17.8 Å².